The van der Waals surface area contributed by atoms with Gasteiger partial charge in [-0.1, -0.05) is 67.3 Å². The Kier molecular flexibility index (Phi) is 4.11. The van der Waals surface area contributed by atoms with E-state index in [1.54, 1.807) is 0 Å². The average molecular weight is 273 g/mol. The second-order valence-corrected chi connectivity index (χ2v) is 5.26. The van der Waals surface area contributed by atoms with Crippen molar-refractivity contribution in [3.8, 4) is 0 Å². The maximum absolute atomic E-state index is 4.66. The number of rotatable bonds is 4. The van der Waals surface area contributed by atoms with Gasteiger partial charge < -0.3 is 0 Å². The van der Waals surface area contributed by atoms with Gasteiger partial charge in [-0.25, -0.2) is 0 Å². The quantitative estimate of drug-likeness (QED) is 0.686. The number of hydrogen-bond acceptors (Lipinski definition) is 1. The number of pyridine rings is 1. The summed E-state index contributed by atoms with van der Waals surface area (Å²) in [7, 11) is 0. The van der Waals surface area contributed by atoms with Crippen LogP contribution in [-0.4, -0.2) is 4.98 Å². The molecule has 1 heterocycles. The first-order valence-corrected chi connectivity index (χ1v) is 7.38. The molecule has 0 bridgehead atoms. The summed E-state index contributed by atoms with van der Waals surface area (Å²) in [4.78, 5) is 4.66. The third kappa shape index (κ3) is 2.87. The van der Waals surface area contributed by atoms with E-state index < -0.39 is 0 Å². The molecular formula is C20H19N. The molecule has 1 nitrogen and oxygen atoms in total. The molecule has 0 aliphatic heterocycles. The molecule has 21 heavy (non-hydrogen) atoms. The van der Waals surface area contributed by atoms with Gasteiger partial charge in [-0.15, -0.1) is 0 Å². The Morgan fingerprint density at radius 1 is 1.24 bits per heavy atom. The van der Waals surface area contributed by atoms with Gasteiger partial charge in [0.1, 0.15) is 0 Å². The van der Waals surface area contributed by atoms with Gasteiger partial charge in [0, 0.05) is 11.6 Å². The number of fused-ring (bicyclic) bond motifs is 1. The van der Waals surface area contributed by atoms with E-state index in [-0.39, 0.29) is 0 Å². The largest absolute Gasteiger partial charge is 0.256 e. The van der Waals surface area contributed by atoms with E-state index in [1.165, 1.54) is 16.3 Å². The molecule has 2 aromatic rings. The molecule has 1 aliphatic carbocycles. The Hall–Kier alpha value is -2.41. The van der Waals surface area contributed by atoms with Crippen LogP contribution >= 0.6 is 0 Å². The molecule has 1 aromatic heterocycles. The second kappa shape index (κ2) is 6.36. The Labute approximate surface area is 126 Å². The second-order valence-electron chi connectivity index (χ2n) is 5.26. The average Bonchev–Trinajstić information content (AvgIpc) is 2.55. The monoisotopic (exact) mass is 273 g/mol. The molecule has 1 unspecified atom stereocenters. The van der Waals surface area contributed by atoms with Crippen molar-refractivity contribution >= 4 is 16.3 Å². The van der Waals surface area contributed by atoms with E-state index in [4.69, 9.17) is 0 Å². The fourth-order valence-corrected chi connectivity index (χ4v) is 2.86. The molecule has 0 saturated heterocycles. The number of nitrogens with zero attached hydrogens (tertiary/aromatic N) is 1. The van der Waals surface area contributed by atoms with Crippen molar-refractivity contribution < 1.29 is 0 Å². The minimum Gasteiger partial charge on any atom is -0.256 e. The Morgan fingerprint density at radius 3 is 3.05 bits per heavy atom. The van der Waals surface area contributed by atoms with Gasteiger partial charge in [0.05, 0.1) is 5.69 Å². The van der Waals surface area contributed by atoms with Crippen molar-refractivity contribution in [3.05, 3.63) is 85.3 Å². The minimum atomic E-state index is 0.490. The van der Waals surface area contributed by atoms with Crippen LogP contribution in [0.25, 0.3) is 16.3 Å². The minimum absolute atomic E-state index is 0.490. The zero-order valence-corrected chi connectivity index (χ0v) is 12.1. The maximum Gasteiger partial charge on any atom is 0.0742 e. The van der Waals surface area contributed by atoms with Crippen molar-refractivity contribution in [2.45, 2.75) is 12.8 Å². The summed E-state index contributed by atoms with van der Waals surface area (Å²) >= 11 is 0. The molecule has 1 atom stereocenters. The third-order valence-electron chi connectivity index (χ3n) is 3.91. The van der Waals surface area contributed by atoms with Crippen molar-refractivity contribution in [1.82, 2.24) is 4.98 Å². The highest BCUT2D eigenvalue weighted by Crippen LogP contribution is 2.34. The molecule has 1 heteroatoms. The molecule has 0 N–H and O–H groups in total. The highest BCUT2D eigenvalue weighted by Gasteiger charge is 2.18. The number of allylic oxidation sites excluding steroid dienone is 7. The summed E-state index contributed by atoms with van der Waals surface area (Å²) in [6.45, 7) is 3.73. The van der Waals surface area contributed by atoms with Crippen LogP contribution in [0.1, 0.15) is 18.5 Å². The number of benzene rings is 1. The van der Waals surface area contributed by atoms with Gasteiger partial charge in [-0.2, -0.15) is 0 Å². The van der Waals surface area contributed by atoms with Gasteiger partial charge in [0.2, 0.25) is 0 Å². The van der Waals surface area contributed by atoms with Gasteiger partial charge in [0.25, 0.3) is 0 Å². The van der Waals surface area contributed by atoms with Crippen LogP contribution in [0.5, 0.6) is 0 Å². The van der Waals surface area contributed by atoms with Crippen LogP contribution in [0.2, 0.25) is 0 Å². The molecule has 0 amide bonds. The summed E-state index contributed by atoms with van der Waals surface area (Å²) in [5, 5.41) is 2.48. The first-order chi connectivity index (χ1) is 10.4. The van der Waals surface area contributed by atoms with Crippen molar-refractivity contribution in [2.24, 2.45) is 5.92 Å². The molecule has 0 radical (unpaired) electrons. The van der Waals surface area contributed by atoms with Gasteiger partial charge in [0.15, 0.2) is 0 Å². The third-order valence-corrected chi connectivity index (χ3v) is 3.91. The van der Waals surface area contributed by atoms with Crippen molar-refractivity contribution in [2.75, 3.05) is 0 Å². The molecule has 0 spiro atoms. The van der Waals surface area contributed by atoms with Crippen LogP contribution in [0.3, 0.4) is 0 Å². The normalized spacial score (nSPS) is 18.1. The van der Waals surface area contributed by atoms with E-state index >= 15 is 0 Å². The van der Waals surface area contributed by atoms with Crippen LogP contribution in [0.15, 0.2) is 79.6 Å². The lowest BCUT2D eigenvalue weighted by atomic mass is 9.85. The fourth-order valence-electron chi connectivity index (χ4n) is 2.86. The molecule has 1 aliphatic rings. The Bertz CT molecular complexity index is 729. The van der Waals surface area contributed by atoms with E-state index in [0.29, 0.717) is 5.92 Å². The van der Waals surface area contributed by atoms with Crippen LogP contribution < -0.4 is 0 Å². The summed E-state index contributed by atoms with van der Waals surface area (Å²) in [6.07, 6.45) is 16.6. The maximum atomic E-state index is 4.66. The Morgan fingerprint density at radius 2 is 2.14 bits per heavy atom. The van der Waals surface area contributed by atoms with E-state index in [1.807, 2.05) is 18.3 Å². The number of aromatic nitrogens is 1. The predicted molar refractivity (Wildman–Crippen MR) is 90.9 cm³/mol. The lowest BCUT2D eigenvalue weighted by molar-refractivity contribution is 0.687. The zero-order chi connectivity index (χ0) is 14.5. The molecule has 0 fully saturated rings. The summed E-state index contributed by atoms with van der Waals surface area (Å²) in [5.41, 5.74) is 2.46. The Balaban J connectivity index is 2.02. The first kappa shape index (κ1) is 13.6. The lowest BCUT2D eigenvalue weighted by Gasteiger charge is -2.21. The van der Waals surface area contributed by atoms with E-state index in [2.05, 4.69) is 66.2 Å². The van der Waals surface area contributed by atoms with Crippen LogP contribution in [-0.2, 0) is 0 Å². The van der Waals surface area contributed by atoms with Gasteiger partial charge >= 0.3 is 0 Å². The summed E-state index contributed by atoms with van der Waals surface area (Å²) < 4.78 is 0. The molecule has 1 aromatic carbocycles. The molecular weight excluding hydrogens is 254 g/mol. The van der Waals surface area contributed by atoms with Crippen molar-refractivity contribution in [1.29, 1.82) is 0 Å². The standard InChI is InChI=1S/C20H19N/c1-2-3-4-9-16-10-5-7-12-18(16)20-19-13-8-6-11-17(19)14-15-21-20/h2-8,11-16H,1,9-10H2. The van der Waals surface area contributed by atoms with E-state index in [9.17, 15) is 0 Å². The smallest absolute Gasteiger partial charge is 0.0742 e. The first-order valence-electron chi connectivity index (χ1n) is 7.38. The lowest BCUT2D eigenvalue weighted by Crippen LogP contribution is -2.06. The van der Waals surface area contributed by atoms with Crippen molar-refractivity contribution in [3.63, 3.8) is 0 Å². The van der Waals surface area contributed by atoms with Crippen LogP contribution in [0.4, 0.5) is 0 Å². The van der Waals surface area contributed by atoms with Crippen LogP contribution in [0, 0.1) is 5.92 Å². The van der Waals surface area contributed by atoms with Gasteiger partial charge in [-0.3, -0.25) is 4.98 Å². The topological polar surface area (TPSA) is 12.9 Å². The predicted octanol–water partition coefficient (Wildman–Crippen LogP) is 5.33. The van der Waals surface area contributed by atoms with E-state index in [0.717, 1.165) is 18.5 Å². The SMILES string of the molecule is C=CC=CCC1CC=CC=C1c1nccc2ccccc12. The molecule has 104 valence electrons. The zero-order valence-electron chi connectivity index (χ0n) is 12.1. The molecule has 0 saturated carbocycles. The fraction of sp³-hybridized carbons (Fsp3) is 0.150. The highest BCUT2D eigenvalue weighted by atomic mass is 14.7. The highest BCUT2D eigenvalue weighted by molar-refractivity contribution is 5.92. The molecule has 3 rings (SSSR count). The summed E-state index contributed by atoms with van der Waals surface area (Å²) in [6, 6.07) is 10.5. The number of hydrogen-bond donors (Lipinski definition) is 0. The summed E-state index contributed by atoms with van der Waals surface area (Å²) in [5.74, 6) is 0.490. The van der Waals surface area contributed by atoms with Gasteiger partial charge in [-0.05, 0) is 35.8 Å².